The van der Waals surface area contributed by atoms with E-state index in [-0.39, 0.29) is 5.37 Å². The van der Waals surface area contributed by atoms with Gasteiger partial charge in [0.2, 0.25) is 0 Å². The van der Waals surface area contributed by atoms with Crippen molar-refractivity contribution >= 4 is 33.7 Å². The molecule has 1 fully saturated rings. The van der Waals surface area contributed by atoms with Crippen LogP contribution in [-0.2, 0) is 4.79 Å². The van der Waals surface area contributed by atoms with Gasteiger partial charge in [0.25, 0.3) is 0 Å². The van der Waals surface area contributed by atoms with Crippen LogP contribution in [0, 0.1) is 0 Å². The van der Waals surface area contributed by atoms with Crippen molar-refractivity contribution in [1.29, 1.82) is 0 Å². The second-order valence-corrected chi connectivity index (χ2v) is 6.00. The summed E-state index contributed by atoms with van der Waals surface area (Å²) < 4.78 is 11.3. The normalized spacial score (nSPS) is 22.3. The van der Waals surface area contributed by atoms with Crippen molar-refractivity contribution in [2.24, 2.45) is 0 Å². The zero-order valence-electron chi connectivity index (χ0n) is 10.5. The van der Waals surface area contributed by atoms with Crippen molar-refractivity contribution in [3.05, 3.63) is 22.2 Å². The highest BCUT2D eigenvalue weighted by atomic mass is 79.9. The second-order valence-electron chi connectivity index (χ2n) is 4.01. The summed E-state index contributed by atoms with van der Waals surface area (Å²) in [7, 11) is 3.15. The van der Waals surface area contributed by atoms with E-state index >= 15 is 0 Å². The number of thioether (sulfide) groups is 1. The Hall–Kier alpha value is -0.920. The molecular formula is C12H14BrNO4S. The topological polar surface area (TPSA) is 67.8 Å². The van der Waals surface area contributed by atoms with E-state index in [9.17, 15) is 4.79 Å². The first kappa shape index (κ1) is 14.5. The molecule has 104 valence electrons. The van der Waals surface area contributed by atoms with Crippen LogP contribution >= 0.6 is 27.7 Å². The van der Waals surface area contributed by atoms with Crippen LogP contribution in [0.15, 0.2) is 16.6 Å². The number of methoxy groups -OCH3 is 2. The van der Waals surface area contributed by atoms with Crippen molar-refractivity contribution < 1.29 is 19.4 Å². The van der Waals surface area contributed by atoms with E-state index in [0.717, 1.165) is 10.0 Å². The van der Waals surface area contributed by atoms with Gasteiger partial charge < -0.3 is 14.6 Å². The number of rotatable bonds is 4. The third-order valence-electron chi connectivity index (χ3n) is 2.84. The highest BCUT2D eigenvalue weighted by Crippen LogP contribution is 2.41. The summed E-state index contributed by atoms with van der Waals surface area (Å²) in [5.74, 6) is 0.970. The minimum atomic E-state index is -0.824. The van der Waals surface area contributed by atoms with Gasteiger partial charge in [0.1, 0.15) is 6.04 Å². The molecule has 0 spiro atoms. The van der Waals surface area contributed by atoms with Gasteiger partial charge in [-0.2, -0.15) is 0 Å². The number of carboxylic acids is 1. The Kier molecular flexibility index (Phi) is 4.59. The summed E-state index contributed by atoms with van der Waals surface area (Å²) in [5.41, 5.74) is 0.957. The highest BCUT2D eigenvalue weighted by molar-refractivity contribution is 9.10. The van der Waals surface area contributed by atoms with Gasteiger partial charge in [-0.05, 0) is 33.6 Å². The van der Waals surface area contributed by atoms with Crippen LogP contribution < -0.4 is 14.8 Å². The van der Waals surface area contributed by atoms with E-state index in [1.54, 1.807) is 26.0 Å². The van der Waals surface area contributed by atoms with E-state index in [4.69, 9.17) is 14.6 Å². The fraction of sp³-hybridized carbons (Fsp3) is 0.417. The molecule has 1 saturated heterocycles. The number of aliphatic carboxylic acids is 1. The zero-order chi connectivity index (χ0) is 14.0. The lowest BCUT2D eigenvalue weighted by molar-refractivity contribution is -0.138. The van der Waals surface area contributed by atoms with Crippen LogP contribution in [0.25, 0.3) is 0 Å². The first-order valence-corrected chi connectivity index (χ1v) is 7.43. The minimum Gasteiger partial charge on any atom is -0.493 e. The fourth-order valence-electron chi connectivity index (χ4n) is 1.90. The molecular weight excluding hydrogens is 334 g/mol. The van der Waals surface area contributed by atoms with E-state index < -0.39 is 12.0 Å². The largest absolute Gasteiger partial charge is 0.493 e. The Morgan fingerprint density at radius 1 is 1.47 bits per heavy atom. The van der Waals surface area contributed by atoms with Gasteiger partial charge in [0.15, 0.2) is 11.5 Å². The Balaban J connectivity index is 2.27. The van der Waals surface area contributed by atoms with Gasteiger partial charge in [-0.15, -0.1) is 11.8 Å². The molecule has 0 aliphatic carbocycles. The van der Waals surface area contributed by atoms with E-state index in [2.05, 4.69) is 21.2 Å². The fourth-order valence-corrected chi connectivity index (χ4v) is 3.73. The summed E-state index contributed by atoms with van der Waals surface area (Å²) in [5, 5.41) is 12.0. The summed E-state index contributed by atoms with van der Waals surface area (Å²) in [6.07, 6.45) is 0. The lowest BCUT2D eigenvalue weighted by Gasteiger charge is -2.16. The molecule has 2 unspecified atom stereocenters. The van der Waals surface area contributed by atoms with Crippen molar-refractivity contribution in [2.45, 2.75) is 11.4 Å². The maximum atomic E-state index is 10.9. The molecule has 1 aliphatic heterocycles. The third-order valence-corrected chi connectivity index (χ3v) is 4.70. The summed E-state index contributed by atoms with van der Waals surface area (Å²) >= 11 is 5.00. The third kappa shape index (κ3) is 2.98. The standard InChI is InChI=1S/C12H14BrNO4S/c1-17-9-4-6(3-7(13)10(9)18-2)11-14-8(5-19-11)12(15)16/h3-4,8,11,14H,5H2,1-2H3,(H,15,16). The Morgan fingerprint density at radius 3 is 2.74 bits per heavy atom. The molecule has 2 atom stereocenters. The van der Waals surface area contributed by atoms with Crippen LogP contribution in [0.3, 0.4) is 0 Å². The number of hydrogen-bond acceptors (Lipinski definition) is 5. The first-order chi connectivity index (χ1) is 9.06. The maximum absolute atomic E-state index is 10.9. The Morgan fingerprint density at radius 2 is 2.21 bits per heavy atom. The van der Waals surface area contributed by atoms with Gasteiger partial charge in [0.05, 0.1) is 24.1 Å². The van der Waals surface area contributed by atoms with Crippen LogP contribution in [0.2, 0.25) is 0 Å². The van der Waals surface area contributed by atoms with Crippen LogP contribution in [0.1, 0.15) is 10.9 Å². The number of nitrogens with one attached hydrogen (secondary N) is 1. The maximum Gasteiger partial charge on any atom is 0.321 e. The molecule has 0 aromatic heterocycles. The van der Waals surface area contributed by atoms with E-state index in [1.807, 2.05) is 12.1 Å². The van der Waals surface area contributed by atoms with Crippen molar-refractivity contribution in [3.8, 4) is 11.5 Å². The van der Waals surface area contributed by atoms with E-state index in [0.29, 0.717) is 17.3 Å². The SMILES string of the molecule is COc1cc(C2NC(C(=O)O)CS2)cc(Br)c1OC. The first-order valence-electron chi connectivity index (χ1n) is 5.58. The van der Waals surface area contributed by atoms with Crippen molar-refractivity contribution in [3.63, 3.8) is 0 Å². The number of halogens is 1. The zero-order valence-corrected chi connectivity index (χ0v) is 12.9. The average Bonchev–Trinajstić information content (AvgIpc) is 2.87. The van der Waals surface area contributed by atoms with Gasteiger partial charge in [0, 0.05) is 5.75 Å². The molecule has 2 N–H and O–H groups in total. The number of carboxylic acid groups (broad SMARTS) is 1. The number of carbonyl (C=O) groups is 1. The second kappa shape index (κ2) is 6.02. The Bertz CT molecular complexity index is 497. The number of hydrogen-bond donors (Lipinski definition) is 2. The molecule has 2 rings (SSSR count). The van der Waals surface area contributed by atoms with Gasteiger partial charge in [-0.25, -0.2) is 0 Å². The molecule has 5 nitrogen and oxygen atoms in total. The highest BCUT2D eigenvalue weighted by Gasteiger charge is 2.31. The molecule has 0 amide bonds. The predicted molar refractivity (Wildman–Crippen MR) is 77.0 cm³/mol. The van der Waals surface area contributed by atoms with Crippen molar-refractivity contribution in [2.75, 3.05) is 20.0 Å². The quantitative estimate of drug-likeness (QED) is 0.870. The molecule has 0 saturated carbocycles. The van der Waals surface area contributed by atoms with Gasteiger partial charge in [-0.1, -0.05) is 0 Å². The molecule has 0 radical (unpaired) electrons. The van der Waals surface area contributed by atoms with Crippen LogP contribution in [0.5, 0.6) is 11.5 Å². The van der Waals surface area contributed by atoms with Crippen LogP contribution in [-0.4, -0.2) is 37.1 Å². The molecule has 0 bridgehead atoms. The average molecular weight is 348 g/mol. The number of ether oxygens (including phenoxy) is 2. The minimum absolute atomic E-state index is 0.0581. The summed E-state index contributed by atoms with van der Waals surface area (Å²) in [6, 6.07) is 3.26. The van der Waals surface area contributed by atoms with Crippen molar-refractivity contribution in [1.82, 2.24) is 5.32 Å². The van der Waals surface area contributed by atoms with Gasteiger partial charge in [-0.3, -0.25) is 10.1 Å². The lowest BCUT2D eigenvalue weighted by atomic mass is 10.2. The monoisotopic (exact) mass is 347 g/mol. The van der Waals surface area contributed by atoms with Crippen LogP contribution in [0.4, 0.5) is 0 Å². The smallest absolute Gasteiger partial charge is 0.321 e. The molecule has 1 heterocycles. The molecule has 1 aromatic rings. The van der Waals surface area contributed by atoms with Gasteiger partial charge >= 0.3 is 5.97 Å². The Labute approximate surface area is 123 Å². The summed E-state index contributed by atoms with van der Waals surface area (Å²) in [4.78, 5) is 10.9. The predicted octanol–water partition coefficient (Wildman–Crippen LogP) is 2.25. The summed E-state index contributed by atoms with van der Waals surface area (Å²) in [6.45, 7) is 0. The molecule has 1 aliphatic rings. The number of benzene rings is 1. The molecule has 1 aromatic carbocycles. The molecule has 7 heteroatoms. The molecule has 19 heavy (non-hydrogen) atoms. The lowest BCUT2D eigenvalue weighted by Crippen LogP contribution is -2.33. The van der Waals surface area contributed by atoms with E-state index in [1.165, 1.54) is 0 Å².